The monoisotopic (exact) mass is 914 g/mol. The maximum atomic E-state index is 13.2. The molecule has 0 fully saturated rings. The predicted octanol–water partition coefficient (Wildman–Crippen LogP) is 16.5. The fourth-order valence-corrected chi connectivity index (χ4v) is 7.36. The van der Waals surface area contributed by atoms with Gasteiger partial charge < -0.3 is 20.3 Å². The molecule has 3 N–H and O–H groups in total. The van der Waals surface area contributed by atoms with E-state index in [4.69, 9.17) is 4.74 Å². The van der Waals surface area contributed by atoms with E-state index in [-0.39, 0.29) is 24.9 Å². The molecule has 0 spiro atoms. The van der Waals surface area contributed by atoms with Gasteiger partial charge in [0.15, 0.2) is 0 Å². The lowest BCUT2D eigenvalue weighted by atomic mass is 10.0. The van der Waals surface area contributed by atoms with Crippen LogP contribution in [0.3, 0.4) is 0 Å². The molecule has 1 amide bonds. The Labute approximate surface area is 406 Å². The highest BCUT2D eigenvalue weighted by atomic mass is 16.5. The molecule has 0 aliphatic carbocycles. The lowest BCUT2D eigenvalue weighted by Gasteiger charge is -2.24. The summed E-state index contributed by atoms with van der Waals surface area (Å²) >= 11 is 0. The van der Waals surface area contributed by atoms with Crippen LogP contribution < -0.4 is 5.32 Å². The number of nitrogens with one attached hydrogen (secondary N) is 1. The average Bonchev–Trinajstić information content (AvgIpc) is 3.31. The van der Waals surface area contributed by atoms with E-state index in [9.17, 15) is 19.8 Å². The molecule has 3 atom stereocenters. The Hall–Kier alpha value is -3.74. The summed E-state index contributed by atoms with van der Waals surface area (Å²) in [5, 5.41) is 23.8. The summed E-state index contributed by atoms with van der Waals surface area (Å²) in [5.41, 5.74) is 0. The van der Waals surface area contributed by atoms with Gasteiger partial charge in [0.1, 0.15) is 6.10 Å². The number of rotatable bonds is 46. The molecule has 6 heteroatoms. The van der Waals surface area contributed by atoms with Gasteiger partial charge in [-0.15, -0.1) is 0 Å². The van der Waals surface area contributed by atoms with Crippen LogP contribution in [0.4, 0.5) is 0 Å². The largest absolute Gasteiger partial charge is 0.461 e. The summed E-state index contributed by atoms with van der Waals surface area (Å²) in [6.07, 6.45) is 72.6. The molecule has 374 valence electrons. The van der Waals surface area contributed by atoms with Crippen LogP contribution in [0.15, 0.2) is 122 Å². The smallest absolute Gasteiger partial charge is 0.306 e. The van der Waals surface area contributed by atoms with Crippen molar-refractivity contribution in [2.75, 3.05) is 6.61 Å². The minimum atomic E-state index is -0.825. The van der Waals surface area contributed by atoms with Crippen molar-refractivity contribution in [1.29, 1.82) is 0 Å². The number of amides is 1. The number of carbonyl (C=O) groups is 2. The lowest BCUT2D eigenvalue weighted by molar-refractivity contribution is -0.150. The van der Waals surface area contributed by atoms with Crippen LogP contribution in [0.25, 0.3) is 0 Å². The van der Waals surface area contributed by atoms with E-state index in [1.165, 1.54) is 77.0 Å². The van der Waals surface area contributed by atoms with Crippen molar-refractivity contribution >= 4 is 11.9 Å². The first-order chi connectivity index (χ1) is 32.5. The Morgan fingerprint density at radius 2 is 0.924 bits per heavy atom. The minimum absolute atomic E-state index is 0.0190. The summed E-state index contributed by atoms with van der Waals surface area (Å²) in [4.78, 5) is 26.2. The zero-order valence-corrected chi connectivity index (χ0v) is 42.5. The van der Waals surface area contributed by atoms with E-state index < -0.39 is 18.2 Å². The van der Waals surface area contributed by atoms with Crippen LogP contribution >= 0.6 is 0 Å². The number of unbranched alkanes of at least 4 members (excludes halogenated alkanes) is 19. The molecule has 66 heavy (non-hydrogen) atoms. The van der Waals surface area contributed by atoms with Crippen molar-refractivity contribution in [3.8, 4) is 0 Å². The highest BCUT2D eigenvalue weighted by Gasteiger charge is 2.23. The topological polar surface area (TPSA) is 95.9 Å². The summed E-state index contributed by atoms with van der Waals surface area (Å²) in [6, 6.07) is -0.746. The van der Waals surface area contributed by atoms with Crippen LogP contribution in [0.2, 0.25) is 0 Å². The van der Waals surface area contributed by atoms with Crippen LogP contribution in [-0.4, -0.2) is 46.9 Å². The van der Waals surface area contributed by atoms with Crippen molar-refractivity contribution in [2.45, 2.75) is 238 Å². The van der Waals surface area contributed by atoms with Gasteiger partial charge in [-0.25, -0.2) is 0 Å². The first-order valence-electron chi connectivity index (χ1n) is 26.8. The first kappa shape index (κ1) is 62.3. The molecule has 0 saturated heterocycles. The van der Waals surface area contributed by atoms with E-state index in [1.54, 1.807) is 0 Å². The van der Waals surface area contributed by atoms with Gasteiger partial charge in [-0.1, -0.05) is 258 Å². The zero-order valence-electron chi connectivity index (χ0n) is 42.5. The number of aliphatic hydroxyl groups is 2. The van der Waals surface area contributed by atoms with Crippen molar-refractivity contribution < 1.29 is 24.5 Å². The minimum Gasteiger partial charge on any atom is -0.461 e. The Morgan fingerprint density at radius 3 is 1.42 bits per heavy atom. The van der Waals surface area contributed by atoms with E-state index in [2.05, 4.69) is 111 Å². The quantitative estimate of drug-likeness (QED) is 0.0245. The molecule has 0 saturated carbocycles. The number of hydrogen-bond donors (Lipinski definition) is 3. The second-order valence-corrected chi connectivity index (χ2v) is 17.7. The number of allylic oxidation sites excluding steroid dienone is 19. The zero-order chi connectivity index (χ0) is 48.1. The van der Waals surface area contributed by atoms with Gasteiger partial charge >= 0.3 is 5.97 Å². The molecular weight excluding hydrogens is 815 g/mol. The van der Waals surface area contributed by atoms with Gasteiger partial charge in [-0.2, -0.15) is 0 Å². The van der Waals surface area contributed by atoms with Crippen LogP contribution in [0.1, 0.15) is 220 Å². The summed E-state index contributed by atoms with van der Waals surface area (Å²) in [5.74, 6) is -0.618. The van der Waals surface area contributed by atoms with Gasteiger partial charge in [0.2, 0.25) is 5.91 Å². The van der Waals surface area contributed by atoms with Crippen LogP contribution in [-0.2, 0) is 14.3 Å². The molecule has 3 unspecified atom stereocenters. The molecule has 0 aliphatic rings. The summed E-state index contributed by atoms with van der Waals surface area (Å²) < 4.78 is 5.87. The molecule has 0 aromatic heterocycles. The number of esters is 1. The lowest BCUT2D eigenvalue weighted by Crippen LogP contribution is -2.46. The summed E-state index contributed by atoms with van der Waals surface area (Å²) in [7, 11) is 0. The summed E-state index contributed by atoms with van der Waals surface area (Å²) in [6.45, 7) is 6.24. The van der Waals surface area contributed by atoms with Crippen molar-refractivity contribution in [3.05, 3.63) is 122 Å². The van der Waals surface area contributed by atoms with Gasteiger partial charge in [-0.05, 0) is 64.2 Å². The fraction of sp³-hybridized carbons (Fsp3) is 0.633. The Bertz CT molecular complexity index is 1390. The molecule has 0 bridgehead atoms. The standard InChI is InChI=1S/C60H99NO5/c1-4-7-10-13-16-19-22-25-28-29-30-32-35-38-41-44-47-50-53-60(65)66-56(51-48-45-42-39-36-33-31-26-23-20-17-14-11-8-5-2)54-59(64)61-57(55-62)58(63)52-49-46-43-40-37-34-27-24-21-18-15-12-9-6-3/h8,10-11,13,16-17,19-20,22,25-26,28-32,36,39,45,48,56-58,62-63H,4-7,9,12,14-15,18,21,23-24,27,33-35,37-38,40-44,46-47,49-55H2,1-3H3,(H,61,64)/b11-8-,13-10+,19-16+,20-17-,25-22+,29-28+,31-26-,32-30+,39-36-,48-45-. The van der Waals surface area contributed by atoms with E-state index in [1.807, 2.05) is 36.5 Å². The van der Waals surface area contributed by atoms with E-state index in [0.29, 0.717) is 19.3 Å². The maximum Gasteiger partial charge on any atom is 0.306 e. The number of carbonyl (C=O) groups excluding carboxylic acids is 2. The van der Waals surface area contributed by atoms with Gasteiger partial charge in [0, 0.05) is 12.8 Å². The van der Waals surface area contributed by atoms with Crippen molar-refractivity contribution in [3.63, 3.8) is 0 Å². The molecular formula is C60H99NO5. The fourth-order valence-electron chi connectivity index (χ4n) is 7.36. The highest BCUT2D eigenvalue weighted by molar-refractivity contribution is 5.77. The van der Waals surface area contributed by atoms with Crippen LogP contribution in [0, 0.1) is 0 Å². The van der Waals surface area contributed by atoms with Gasteiger partial charge in [0.25, 0.3) is 0 Å². The van der Waals surface area contributed by atoms with Crippen LogP contribution in [0.5, 0.6) is 0 Å². The molecule has 6 nitrogen and oxygen atoms in total. The molecule has 0 rings (SSSR count). The molecule has 0 aromatic carbocycles. The second kappa shape index (κ2) is 52.2. The SMILES string of the molecule is CC/C=C\C/C=C\C/C=C\C/C=C\C/C=C\CC(CC(=O)NC(CO)C(O)CCCCCCCCCCCCCCCC)OC(=O)CCCCCCC/C=C/C=C/C=C/C=C/C=C/CCC. The molecule has 0 radical (unpaired) electrons. The normalized spacial score (nSPS) is 14.2. The van der Waals surface area contributed by atoms with Gasteiger partial charge in [0.05, 0.1) is 25.2 Å². The van der Waals surface area contributed by atoms with Crippen molar-refractivity contribution in [2.24, 2.45) is 0 Å². The number of aliphatic hydroxyl groups excluding tert-OH is 2. The number of hydrogen-bond acceptors (Lipinski definition) is 5. The van der Waals surface area contributed by atoms with E-state index >= 15 is 0 Å². The highest BCUT2D eigenvalue weighted by Crippen LogP contribution is 2.16. The first-order valence-corrected chi connectivity index (χ1v) is 26.8. The van der Waals surface area contributed by atoms with Gasteiger partial charge in [-0.3, -0.25) is 9.59 Å². The van der Waals surface area contributed by atoms with E-state index in [0.717, 1.165) is 96.3 Å². The number of ether oxygens (including phenoxy) is 1. The third kappa shape index (κ3) is 46.8. The third-order valence-corrected chi connectivity index (χ3v) is 11.4. The maximum absolute atomic E-state index is 13.2. The Morgan fingerprint density at radius 1 is 0.485 bits per heavy atom. The predicted molar refractivity (Wildman–Crippen MR) is 286 cm³/mol. The second-order valence-electron chi connectivity index (χ2n) is 17.7. The molecule has 0 aliphatic heterocycles. The Kier molecular flexibility index (Phi) is 49.3. The average molecular weight is 914 g/mol. The molecule has 0 heterocycles. The third-order valence-electron chi connectivity index (χ3n) is 11.4. The Balaban J connectivity index is 4.78. The van der Waals surface area contributed by atoms with Crippen molar-refractivity contribution in [1.82, 2.24) is 5.32 Å². The molecule has 0 aromatic rings.